The molecule has 0 aliphatic heterocycles. The first-order valence-electron chi connectivity index (χ1n) is 6.09. The van der Waals surface area contributed by atoms with Gasteiger partial charge in [0.15, 0.2) is 0 Å². The summed E-state index contributed by atoms with van der Waals surface area (Å²) in [5.41, 5.74) is 3.24. The van der Waals surface area contributed by atoms with Gasteiger partial charge in [-0.15, -0.1) is 0 Å². The normalized spacial score (nSPS) is 10.8. The Morgan fingerprint density at radius 1 is 1.26 bits per heavy atom. The monoisotopic (exact) mass is 254 g/mol. The van der Waals surface area contributed by atoms with Crippen LogP contribution >= 0.6 is 0 Å². The molecule has 19 heavy (non-hydrogen) atoms. The first-order valence-corrected chi connectivity index (χ1v) is 6.09. The van der Waals surface area contributed by atoms with Crippen molar-refractivity contribution >= 4 is 22.5 Å². The van der Waals surface area contributed by atoms with Crippen LogP contribution in [0.15, 0.2) is 41.1 Å². The standard InChI is InChI=1S/C15H14N2O2/c1-9-8-19-10(2)14(9)15(18)17-13-5-3-4-12-11(13)6-7-16-12/h3-8,16H,1-2H3,(H,17,18). The molecule has 0 fully saturated rings. The summed E-state index contributed by atoms with van der Waals surface area (Å²) in [4.78, 5) is 15.4. The fourth-order valence-corrected chi connectivity index (χ4v) is 2.29. The summed E-state index contributed by atoms with van der Waals surface area (Å²) in [5.74, 6) is 0.494. The van der Waals surface area contributed by atoms with Gasteiger partial charge >= 0.3 is 0 Å². The van der Waals surface area contributed by atoms with Gasteiger partial charge in [-0.25, -0.2) is 0 Å². The van der Waals surface area contributed by atoms with Gasteiger partial charge in [0.05, 0.1) is 17.5 Å². The lowest BCUT2D eigenvalue weighted by Gasteiger charge is -2.06. The van der Waals surface area contributed by atoms with Gasteiger partial charge in [0, 0.05) is 22.7 Å². The lowest BCUT2D eigenvalue weighted by atomic mass is 10.1. The molecule has 0 bridgehead atoms. The highest BCUT2D eigenvalue weighted by Gasteiger charge is 2.16. The smallest absolute Gasteiger partial charge is 0.259 e. The Labute approximate surface area is 110 Å². The zero-order valence-electron chi connectivity index (χ0n) is 10.8. The molecule has 0 aliphatic carbocycles. The number of benzene rings is 1. The maximum Gasteiger partial charge on any atom is 0.259 e. The number of aromatic amines is 1. The first-order chi connectivity index (χ1) is 9.16. The summed E-state index contributed by atoms with van der Waals surface area (Å²) in [5, 5.41) is 3.93. The number of amides is 1. The van der Waals surface area contributed by atoms with E-state index in [4.69, 9.17) is 4.42 Å². The van der Waals surface area contributed by atoms with E-state index < -0.39 is 0 Å². The molecule has 4 nitrogen and oxygen atoms in total. The van der Waals surface area contributed by atoms with Crippen LogP contribution in [0.25, 0.3) is 10.9 Å². The Kier molecular flexibility index (Phi) is 2.63. The van der Waals surface area contributed by atoms with Crippen molar-refractivity contribution < 1.29 is 9.21 Å². The molecule has 0 atom stereocenters. The van der Waals surface area contributed by atoms with Crippen molar-refractivity contribution in [3.63, 3.8) is 0 Å². The maximum atomic E-state index is 12.3. The Morgan fingerprint density at radius 2 is 2.11 bits per heavy atom. The largest absolute Gasteiger partial charge is 0.469 e. The van der Waals surface area contributed by atoms with E-state index in [2.05, 4.69) is 10.3 Å². The third-order valence-corrected chi connectivity index (χ3v) is 3.23. The number of aryl methyl sites for hydroxylation is 2. The molecule has 96 valence electrons. The minimum atomic E-state index is -0.141. The van der Waals surface area contributed by atoms with E-state index in [1.807, 2.05) is 37.4 Å². The van der Waals surface area contributed by atoms with E-state index >= 15 is 0 Å². The molecular formula is C15H14N2O2. The molecule has 3 aromatic rings. The van der Waals surface area contributed by atoms with Crippen LogP contribution in [0.2, 0.25) is 0 Å². The van der Waals surface area contributed by atoms with E-state index in [1.165, 1.54) is 0 Å². The number of rotatable bonds is 2. The molecule has 0 unspecified atom stereocenters. The molecule has 2 aromatic heterocycles. The van der Waals surface area contributed by atoms with Crippen molar-refractivity contribution in [3.05, 3.63) is 53.6 Å². The average Bonchev–Trinajstić information content (AvgIpc) is 2.97. The van der Waals surface area contributed by atoms with E-state index in [0.717, 1.165) is 22.2 Å². The zero-order valence-corrected chi connectivity index (χ0v) is 10.8. The highest BCUT2D eigenvalue weighted by atomic mass is 16.3. The molecule has 1 amide bonds. The van der Waals surface area contributed by atoms with Crippen molar-refractivity contribution in [1.29, 1.82) is 0 Å². The Morgan fingerprint density at radius 3 is 2.84 bits per heavy atom. The number of fused-ring (bicyclic) bond motifs is 1. The molecule has 0 aliphatic rings. The molecule has 0 saturated heterocycles. The maximum absolute atomic E-state index is 12.3. The number of anilines is 1. The van der Waals surface area contributed by atoms with Gasteiger partial charge in [-0.2, -0.15) is 0 Å². The van der Waals surface area contributed by atoms with E-state index in [0.29, 0.717) is 11.3 Å². The summed E-state index contributed by atoms with van der Waals surface area (Å²) >= 11 is 0. The first kappa shape index (κ1) is 11.6. The fraction of sp³-hybridized carbons (Fsp3) is 0.133. The molecule has 1 aromatic carbocycles. The van der Waals surface area contributed by atoms with E-state index in [1.54, 1.807) is 13.2 Å². The van der Waals surface area contributed by atoms with Crippen LogP contribution in [0.1, 0.15) is 21.7 Å². The number of aromatic nitrogens is 1. The second-order valence-electron chi connectivity index (χ2n) is 4.55. The third-order valence-electron chi connectivity index (χ3n) is 3.23. The van der Waals surface area contributed by atoms with Crippen molar-refractivity contribution in [1.82, 2.24) is 4.98 Å². The SMILES string of the molecule is Cc1coc(C)c1C(=O)Nc1cccc2[nH]ccc12. The van der Waals surface area contributed by atoms with Gasteiger partial charge in [-0.3, -0.25) is 4.79 Å². The molecule has 3 rings (SSSR count). The number of hydrogen-bond donors (Lipinski definition) is 2. The highest BCUT2D eigenvalue weighted by Crippen LogP contribution is 2.24. The summed E-state index contributed by atoms with van der Waals surface area (Å²) < 4.78 is 5.26. The summed E-state index contributed by atoms with van der Waals surface area (Å²) in [6, 6.07) is 7.71. The molecule has 0 spiro atoms. The lowest BCUT2D eigenvalue weighted by Crippen LogP contribution is -2.13. The van der Waals surface area contributed by atoms with Crippen molar-refractivity contribution in [2.24, 2.45) is 0 Å². The van der Waals surface area contributed by atoms with Gasteiger partial charge in [-0.1, -0.05) is 6.07 Å². The van der Waals surface area contributed by atoms with Crippen molar-refractivity contribution in [2.75, 3.05) is 5.32 Å². The number of H-pyrrole nitrogens is 1. The Hall–Kier alpha value is -2.49. The molecule has 0 radical (unpaired) electrons. The number of carbonyl (C=O) groups excluding carboxylic acids is 1. The predicted molar refractivity (Wildman–Crippen MR) is 74.4 cm³/mol. The van der Waals surface area contributed by atoms with Gasteiger partial charge in [0.1, 0.15) is 5.76 Å². The lowest BCUT2D eigenvalue weighted by molar-refractivity contribution is 0.102. The van der Waals surface area contributed by atoms with Crippen LogP contribution in [-0.2, 0) is 0 Å². The molecule has 2 heterocycles. The summed E-state index contributed by atoms with van der Waals surface area (Å²) in [6.07, 6.45) is 3.45. The molecule has 4 heteroatoms. The van der Waals surface area contributed by atoms with Crippen LogP contribution < -0.4 is 5.32 Å². The minimum absolute atomic E-state index is 0.141. The van der Waals surface area contributed by atoms with E-state index in [9.17, 15) is 4.79 Å². The predicted octanol–water partition coefficient (Wildman–Crippen LogP) is 3.63. The average molecular weight is 254 g/mol. The number of carbonyl (C=O) groups is 1. The van der Waals surface area contributed by atoms with Gasteiger partial charge in [0.25, 0.3) is 5.91 Å². The van der Waals surface area contributed by atoms with Crippen LogP contribution in [0.5, 0.6) is 0 Å². The van der Waals surface area contributed by atoms with Crippen molar-refractivity contribution in [2.45, 2.75) is 13.8 Å². The number of nitrogens with one attached hydrogen (secondary N) is 2. The number of furan rings is 1. The van der Waals surface area contributed by atoms with Crippen molar-refractivity contribution in [3.8, 4) is 0 Å². The van der Waals surface area contributed by atoms with Crippen LogP contribution in [0, 0.1) is 13.8 Å². The zero-order chi connectivity index (χ0) is 13.4. The fourth-order valence-electron chi connectivity index (χ4n) is 2.29. The number of hydrogen-bond acceptors (Lipinski definition) is 2. The Balaban J connectivity index is 1.98. The second-order valence-corrected chi connectivity index (χ2v) is 4.55. The van der Waals surface area contributed by atoms with Crippen LogP contribution in [-0.4, -0.2) is 10.9 Å². The quantitative estimate of drug-likeness (QED) is 0.733. The molecule has 0 saturated carbocycles. The second kappa shape index (κ2) is 4.31. The minimum Gasteiger partial charge on any atom is -0.469 e. The molecule has 2 N–H and O–H groups in total. The Bertz CT molecular complexity index is 733. The summed E-state index contributed by atoms with van der Waals surface area (Å²) in [7, 11) is 0. The van der Waals surface area contributed by atoms with Gasteiger partial charge < -0.3 is 14.7 Å². The molecular weight excluding hydrogens is 240 g/mol. The van der Waals surface area contributed by atoms with Gasteiger partial charge in [-0.05, 0) is 32.0 Å². The van der Waals surface area contributed by atoms with Gasteiger partial charge in [0.2, 0.25) is 0 Å². The summed E-state index contributed by atoms with van der Waals surface area (Å²) in [6.45, 7) is 3.65. The topological polar surface area (TPSA) is 58.0 Å². The third kappa shape index (κ3) is 1.91. The van der Waals surface area contributed by atoms with E-state index in [-0.39, 0.29) is 5.91 Å². The van der Waals surface area contributed by atoms with Crippen LogP contribution in [0.3, 0.4) is 0 Å². The highest BCUT2D eigenvalue weighted by molar-refractivity contribution is 6.09. The van der Waals surface area contributed by atoms with Crippen LogP contribution in [0.4, 0.5) is 5.69 Å².